The van der Waals surface area contributed by atoms with Gasteiger partial charge in [-0.1, -0.05) is 127 Å². The van der Waals surface area contributed by atoms with Gasteiger partial charge < -0.3 is 4.57 Å². The maximum absolute atomic E-state index is 2.44. The number of nitrogens with zero attached hydrogens (tertiary/aromatic N) is 1. The van der Waals surface area contributed by atoms with Gasteiger partial charge in [0.2, 0.25) is 0 Å². The number of rotatable bonds is 3. The van der Waals surface area contributed by atoms with Crippen molar-refractivity contribution in [3.05, 3.63) is 180 Å². The Kier molecular flexibility index (Phi) is 6.25. The number of aromatic nitrogens is 1. The number of thiophene rings is 1. The summed E-state index contributed by atoms with van der Waals surface area (Å²) >= 11 is 1.91. The van der Waals surface area contributed by atoms with E-state index in [2.05, 4.69) is 181 Å². The summed E-state index contributed by atoms with van der Waals surface area (Å²) in [5.41, 5.74) is 9.91. The topological polar surface area (TPSA) is 4.93 Å². The zero-order valence-corrected chi connectivity index (χ0v) is 28.6. The molecule has 2 heteroatoms. The summed E-state index contributed by atoms with van der Waals surface area (Å²) in [5.74, 6) is 0. The summed E-state index contributed by atoms with van der Waals surface area (Å²) in [7, 11) is 0. The summed E-state index contributed by atoms with van der Waals surface area (Å²) < 4.78 is 3.79. The molecule has 2 heterocycles. The summed E-state index contributed by atoms with van der Waals surface area (Å²) in [5, 5.41) is 11.7. The molecule has 0 radical (unpaired) electrons. The summed E-state index contributed by atoms with van der Waals surface area (Å²) in [6.07, 6.45) is 9.85. The van der Waals surface area contributed by atoms with E-state index in [1.165, 1.54) is 103 Å². The Morgan fingerprint density at radius 3 is 1.78 bits per heavy atom. The SMILES string of the molecule is C1=CCc2sc3ccc(-n4c5ccccc5c5cc(-c6cccc(-c7ccc8c9ccccc9c9ccccc9c8c7)c6)ccc54)cc3c2C=C1. The van der Waals surface area contributed by atoms with Crippen LogP contribution in [0.5, 0.6) is 0 Å². The standard InChI is InChI=1S/C49H31NS/c1-2-18-42-45-30-35(23-26-49(45)51-48(42)20-3-1)50-46-19-9-8-17-41(46)44-29-34(22-25-47(44)50)32-12-10-11-31(27-32)33-21-24-40-38-15-5-4-13-36(38)37-14-6-7-16-39(37)43(40)28-33/h1-19,21-30H,20H2. The van der Waals surface area contributed by atoms with E-state index in [9.17, 15) is 0 Å². The maximum atomic E-state index is 2.44. The number of para-hydroxylation sites is 1. The first-order valence-corrected chi connectivity index (χ1v) is 18.5. The number of allylic oxidation sites excluding steroid dienone is 3. The van der Waals surface area contributed by atoms with Gasteiger partial charge in [0.25, 0.3) is 0 Å². The van der Waals surface area contributed by atoms with Gasteiger partial charge in [-0.15, -0.1) is 11.3 Å². The van der Waals surface area contributed by atoms with Crippen LogP contribution >= 0.6 is 11.3 Å². The van der Waals surface area contributed by atoms with Gasteiger partial charge in [-0.3, -0.25) is 0 Å². The highest BCUT2D eigenvalue weighted by Crippen LogP contribution is 2.41. The van der Waals surface area contributed by atoms with Crippen LogP contribution in [0.4, 0.5) is 0 Å². The van der Waals surface area contributed by atoms with E-state index in [0.717, 1.165) is 6.42 Å². The Morgan fingerprint density at radius 2 is 1.02 bits per heavy atom. The highest BCUT2D eigenvalue weighted by molar-refractivity contribution is 7.19. The Bertz CT molecular complexity index is 3080. The fraction of sp³-hybridized carbons (Fsp3) is 0.0204. The Morgan fingerprint density at radius 1 is 0.412 bits per heavy atom. The van der Waals surface area contributed by atoms with Gasteiger partial charge in [-0.2, -0.15) is 0 Å². The van der Waals surface area contributed by atoms with Crippen LogP contribution in [0.2, 0.25) is 0 Å². The third-order valence-corrected chi connectivity index (χ3v) is 12.0. The minimum absolute atomic E-state index is 0.991. The van der Waals surface area contributed by atoms with Gasteiger partial charge >= 0.3 is 0 Å². The molecule has 1 aliphatic carbocycles. The number of hydrogen-bond acceptors (Lipinski definition) is 1. The monoisotopic (exact) mass is 665 g/mol. The van der Waals surface area contributed by atoms with Crippen molar-refractivity contribution in [2.24, 2.45) is 0 Å². The van der Waals surface area contributed by atoms with E-state index in [1.54, 1.807) is 0 Å². The van der Waals surface area contributed by atoms with Gasteiger partial charge in [-0.05, 0) is 109 Å². The molecule has 238 valence electrons. The lowest BCUT2D eigenvalue weighted by Crippen LogP contribution is -1.93. The molecule has 0 unspecified atom stereocenters. The van der Waals surface area contributed by atoms with Crippen LogP contribution in [-0.4, -0.2) is 4.57 Å². The second-order valence-corrected chi connectivity index (χ2v) is 14.8. The lowest BCUT2D eigenvalue weighted by molar-refractivity contribution is 1.19. The van der Waals surface area contributed by atoms with Crippen molar-refractivity contribution in [3.63, 3.8) is 0 Å². The predicted molar refractivity (Wildman–Crippen MR) is 221 cm³/mol. The summed E-state index contributed by atoms with van der Waals surface area (Å²) in [4.78, 5) is 1.44. The average molecular weight is 666 g/mol. The minimum atomic E-state index is 0.991. The van der Waals surface area contributed by atoms with E-state index in [0.29, 0.717) is 0 Å². The molecular weight excluding hydrogens is 635 g/mol. The molecule has 0 fully saturated rings. The van der Waals surface area contributed by atoms with E-state index in [4.69, 9.17) is 0 Å². The van der Waals surface area contributed by atoms with Crippen molar-refractivity contribution in [1.82, 2.24) is 4.57 Å². The lowest BCUT2D eigenvalue weighted by Gasteiger charge is -2.13. The Hall–Kier alpha value is -6.22. The van der Waals surface area contributed by atoms with Crippen LogP contribution in [-0.2, 0) is 6.42 Å². The largest absolute Gasteiger partial charge is 0.309 e. The molecule has 11 rings (SSSR count). The molecule has 1 nitrogen and oxygen atoms in total. The maximum Gasteiger partial charge on any atom is 0.0541 e. The minimum Gasteiger partial charge on any atom is -0.309 e. The molecule has 51 heavy (non-hydrogen) atoms. The zero-order chi connectivity index (χ0) is 33.5. The Labute approximate surface area is 299 Å². The number of hydrogen-bond donors (Lipinski definition) is 0. The van der Waals surface area contributed by atoms with Crippen molar-refractivity contribution in [2.75, 3.05) is 0 Å². The van der Waals surface area contributed by atoms with Gasteiger partial charge in [0.05, 0.1) is 11.0 Å². The van der Waals surface area contributed by atoms with Gasteiger partial charge in [0.15, 0.2) is 0 Å². The predicted octanol–water partition coefficient (Wildman–Crippen LogP) is 13.9. The second-order valence-electron chi connectivity index (χ2n) is 13.6. The fourth-order valence-corrected chi connectivity index (χ4v) is 9.58. The van der Waals surface area contributed by atoms with Crippen LogP contribution in [0.25, 0.3) is 98.2 Å². The molecule has 2 aromatic heterocycles. The lowest BCUT2D eigenvalue weighted by atomic mass is 9.91. The molecule has 8 aromatic carbocycles. The molecule has 0 spiro atoms. The first-order valence-electron chi connectivity index (χ1n) is 17.6. The van der Waals surface area contributed by atoms with Gasteiger partial charge in [-0.25, -0.2) is 0 Å². The van der Waals surface area contributed by atoms with Crippen molar-refractivity contribution in [1.29, 1.82) is 0 Å². The molecule has 0 amide bonds. The molecule has 0 saturated heterocycles. The van der Waals surface area contributed by atoms with Crippen LogP contribution in [0.15, 0.2) is 170 Å². The molecule has 0 saturated carbocycles. The summed E-state index contributed by atoms with van der Waals surface area (Å²) in [6.45, 7) is 0. The normalized spacial score (nSPS) is 12.9. The van der Waals surface area contributed by atoms with E-state index < -0.39 is 0 Å². The number of benzene rings is 8. The van der Waals surface area contributed by atoms with Crippen LogP contribution in [0.3, 0.4) is 0 Å². The van der Waals surface area contributed by atoms with Crippen molar-refractivity contribution >= 4 is 81.6 Å². The first kappa shape index (κ1) is 28.6. The third kappa shape index (κ3) is 4.40. The third-order valence-electron chi connectivity index (χ3n) is 10.8. The molecule has 10 aromatic rings. The molecule has 0 atom stereocenters. The van der Waals surface area contributed by atoms with Crippen LogP contribution < -0.4 is 0 Å². The Balaban J connectivity index is 1.05. The molecular formula is C49H31NS. The average Bonchev–Trinajstić information content (AvgIpc) is 3.61. The smallest absolute Gasteiger partial charge is 0.0541 e. The van der Waals surface area contributed by atoms with E-state index >= 15 is 0 Å². The quantitative estimate of drug-likeness (QED) is 0.166. The number of fused-ring (bicyclic) bond motifs is 12. The van der Waals surface area contributed by atoms with Crippen molar-refractivity contribution in [3.8, 4) is 27.9 Å². The second kappa shape index (κ2) is 11.1. The van der Waals surface area contributed by atoms with Crippen LogP contribution in [0.1, 0.15) is 10.4 Å². The molecule has 0 N–H and O–H groups in total. The van der Waals surface area contributed by atoms with Crippen molar-refractivity contribution in [2.45, 2.75) is 6.42 Å². The van der Waals surface area contributed by atoms with E-state index in [1.807, 2.05) is 11.3 Å². The highest BCUT2D eigenvalue weighted by atomic mass is 32.1. The fourth-order valence-electron chi connectivity index (χ4n) is 8.43. The van der Waals surface area contributed by atoms with E-state index in [-0.39, 0.29) is 0 Å². The molecule has 0 bridgehead atoms. The zero-order valence-electron chi connectivity index (χ0n) is 27.8. The van der Waals surface area contributed by atoms with Crippen molar-refractivity contribution < 1.29 is 0 Å². The molecule has 1 aliphatic rings. The molecule has 0 aliphatic heterocycles. The first-order chi connectivity index (χ1) is 25.3. The van der Waals surface area contributed by atoms with Crippen LogP contribution in [0, 0.1) is 0 Å². The highest BCUT2D eigenvalue weighted by Gasteiger charge is 2.17. The van der Waals surface area contributed by atoms with Gasteiger partial charge in [0, 0.05) is 37.8 Å². The summed E-state index contributed by atoms with van der Waals surface area (Å²) in [6, 6.07) is 56.4. The van der Waals surface area contributed by atoms with Gasteiger partial charge in [0.1, 0.15) is 0 Å².